The second-order valence-corrected chi connectivity index (χ2v) is 6.02. The van der Waals surface area contributed by atoms with Crippen molar-refractivity contribution in [3.63, 3.8) is 0 Å². The van der Waals surface area contributed by atoms with Crippen LogP contribution in [0.25, 0.3) is 0 Å². The van der Waals surface area contributed by atoms with E-state index in [0.717, 1.165) is 24.4 Å². The van der Waals surface area contributed by atoms with Crippen molar-refractivity contribution in [2.75, 3.05) is 19.6 Å². The van der Waals surface area contributed by atoms with Crippen LogP contribution in [0.3, 0.4) is 0 Å². The lowest BCUT2D eigenvalue weighted by Crippen LogP contribution is -2.41. The van der Waals surface area contributed by atoms with Crippen LogP contribution < -0.4 is 5.73 Å². The van der Waals surface area contributed by atoms with E-state index in [0.29, 0.717) is 0 Å². The predicted molar refractivity (Wildman–Crippen MR) is 76.1 cm³/mol. The maximum Gasteiger partial charge on any atom is 0.00671 e. The SMILES string of the molecule is CCC(CCN)CCCN1CC(C)CCC1C. The molecule has 0 aromatic heterocycles. The topological polar surface area (TPSA) is 29.3 Å². The largest absolute Gasteiger partial charge is 0.330 e. The van der Waals surface area contributed by atoms with Crippen LogP contribution in [-0.2, 0) is 0 Å². The van der Waals surface area contributed by atoms with Crippen molar-refractivity contribution in [2.24, 2.45) is 17.6 Å². The third kappa shape index (κ3) is 5.39. The highest BCUT2D eigenvalue weighted by atomic mass is 15.2. The van der Waals surface area contributed by atoms with Crippen molar-refractivity contribution < 1.29 is 0 Å². The summed E-state index contributed by atoms with van der Waals surface area (Å²) in [5.41, 5.74) is 5.65. The van der Waals surface area contributed by atoms with Crippen LogP contribution in [0.5, 0.6) is 0 Å². The maximum absolute atomic E-state index is 5.65. The summed E-state index contributed by atoms with van der Waals surface area (Å²) in [6.45, 7) is 10.5. The molecule has 3 atom stereocenters. The molecule has 3 unspecified atom stereocenters. The summed E-state index contributed by atoms with van der Waals surface area (Å²) in [7, 11) is 0. The van der Waals surface area contributed by atoms with E-state index in [1.165, 1.54) is 51.6 Å². The Bertz CT molecular complexity index is 193. The Morgan fingerprint density at radius 2 is 2.00 bits per heavy atom. The first-order valence-electron chi connectivity index (χ1n) is 7.61. The van der Waals surface area contributed by atoms with Gasteiger partial charge >= 0.3 is 0 Å². The Balaban J connectivity index is 2.20. The minimum Gasteiger partial charge on any atom is -0.330 e. The first-order valence-corrected chi connectivity index (χ1v) is 7.61. The number of hydrogen-bond donors (Lipinski definition) is 1. The predicted octanol–water partition coefficient (Wildman–Crippen LogP) is 3.26. The van der Waals surface area contributed by atoms with E-state index in [1.54, 1.807) is 0 Å². The zero-order chi connectivity index (χ0) is 12.7. The molecule has 0 bridgehead atoms. The first kappa shape index (κ1) is 15.0. The lowest BCUT2D eigenvalue weighted by Gasteiger charge is -2.37. The van der Waals surface area contributed by atoms with Gasteiger partial charge in [-0.3, -0.25) is 0 Å². The molecule has 17 heavy (non-hydrogen) atoms. The van der Waals surface area contributed by atoms with E-state index >= 15 is 0 Å². The maximum atomic E-state index is 5.65. The standard InChI is InChI=1S/C15H32N2/c1-4-15(9-10-16)6-5-11-17-12-13(2)7-8-14(17)3/h13-15H,4-12,16H2,1-3H3. The van der Waals surface area contributed by atoms with Crippen molar-refractivity contribution >= 4 is 0 Å². The average Bonchev–Trinajstić information content (AvgIpc) is 2.32. The van der Waals surface area contributed by atoms with E-state index in [4.69, 9.17) is 5.73 Å². The molecule has 0 aromatic rings. The van der Waals surface area contributed by atoms with Crippen LogP contribution in [0.15, 0.2) is 0 Å². The molecule has 0 aliphatic carbocycles. The molecule has 1 aliphatic rings. The molecule has 2 N–H and O–H groups in total. The lowest BCUT2D eigenvalue weighted by molar-refractivity contribution is 0.120. The van der Waals surface area contributed by atoms with Crippen LogP contribution >= 0.6 is 0 Å². The van der Waals surface area contributed by atoms with Gasteiger partial charge in [0.1, 0.15) is 0 Å². The molecule has 0 amide bonds. The Morgan fingerprint density at radius 3 is 2.65 bits per heavy atom. The zero-order valence-corrected chi connectivity index (χ0v) is 12.1. The summed E-state index contributed by atoms with van der Waals surface area (Å²) in [5.74, 6) is 1.76. The van der Waals surface area contributed by atoms with Crippen molar-refractivity contribution in [1.29, 1.82) is 0 Å². The van der Waals surface area contributed by atoms with Gasteiger partial charge < -0.3 is 10.6 Å². The summed E-state index contributed by atoms with van der Waals surface area (Å²) in [5, 5.41) is 0. The molecule has 0 radical (unpaired) electrons. The third-order valence-corrected chi connectivity index (χ3v) is 4.46. The molecule has 1 saturated heterocycles. The normalized spacial score (nSPS) is 28.2. The fourth-order valence-corrected chi connectivity index (χ4v) is 3.06. The summed E-state index contributed by atoms with van der Waals surface area (Å²) >= 11 is 0. The molecule has 1 fully saturated rings. The fourth-order valence-electron chi connectivity index (χ4n) is 3.06. The van der Waals surface area contributed by atoms with Crippen LogP contribution in [0.4, 0.5) is 0 Å². The molecule has 1 heterocycles. The number of piperidine rings is 1. The molecule has 0 spiro atoms. The smallest absolute Gasteiger partial charge is 0.00671 e. The molecular formula is C15H32N2. The third-order valence-electron chi connectivity index (χ3n) is 4.46. The molecule has 0 aromatic carbocycles. The summed E-state index contributed by atoms with van der Waals surface area (Å²) < 4.78 is 0. The van der Waals surface area contributed by atoms with Gasteiger partial charge in [-0.2, -0.15) is 0 Å². The molecule has 2 nitrogen and oxygen atoms in total. The Morgan fingerprint density at radius 1 is 1.24 bits per heavy atom. The molecule has 1 rings (SSSR count). The highest BCUT2D eigenvalue weighted by Crippen LogP contribution is 2.22. The van der Waals surface area contributed by atoms with Crippen molar-refractivity contribution in [3.8, 4) is 0 Å². The van der Waals surface area contributed by atoms with Gasteiger partial charge in [0, 0.05) is 12.6 Å². The van der Waals surface area contributed by atoms with Gasteiger partial charge in [0.15, 0.2) is 0 Å². The van der Waals surface area contributed by atoms with Gasteiger partial charge in [-0.1, -0.05) is 20.3 Å². The lowest BCUT2D eigenvalue weighted by atomic mass is 9.93. The number of nitrogens with two attached hydrogens (primary N) is 1. The van der Waals surface area contributed by atoms with Gasteiger partial charge in [0.25, 0.3) is 0 Å². The zero-order valence-electron chi connectivity index (χ0n) is 12.1. The minimum atomic E-state index is 0.806. The van der Waals surface area contributed by atoms with Crippen LogP contribution in [0.2, 0.25) is 0 Å². The Hall–Kier alpha value is -0.0800. The van der Waals surface area contributed by atoms with Gasteiger partial charge in [-0.25, -0.2) is 0 Å². The highest BCUT2D eigenvalue weighted by Gasteiger charge is 2.22. The summed E-state index contributed by atoms with van der Waals surface area (Å²) in [6.07, 6.45) is 8.04. The van der Waals surface area contributed by atoms with E-state index < -0.39 is 0 Å². The van der Waals surface area contributed by atoms with Crippen molar-refractivity contribution in [3.05, 3.63) is 0 Å². The van der Waals surface area contributed by atoms with E-state index in [9.17, 15) is 0 Å². The fraction of sp³-hybridized carbons (Fsp3) is 1.00. The second-order valence-electron chi connectivity index (χ2n) is 6.02. The molecule has 2 heteroatoms. The van der Waals surface area contributed by atoms with Crippen molar-refractivity contribution in [2.45, 2.75) is 65.3 Å². The van der Waals surface area contributed by atoms with Gasteiger partial charge in [-0.05, 0) is 64.0 Å². The minimum absolute atomic E-state index is 0.806. The molecule has 1 aliphatic heterocycles. The summed E-state index contributed by atoms with van der Waals surface area (Å²) in [6, 6.07) is 0.806. The molecule has 0 saturated carbocycles. The van der Waals surface area contributed by atoms with E-state index in [-0.39, 0.29) is 0 Å². The van der Waals surface area contributed by atoms with E-state index in [1.807, 2.05) is 0 Å². The molecule has 102 valence electrons. The Labute approximate surface area is 108 Å². The monoisotopic (exact) mass is 240 g/mol. The van der Waals surface area contributed by atoms with Crippen LogP contribution in [0, 0.1) is 11.8 Å². The highest BCUT2D eigenvalue weighted by molar-refractivity contribution is 4.77. The van der Waals surface area contributed by atoms with Crippen LogP contribution in [0.1, 0.15) is 59.3 Å². The van der Waals surface area contributed by atoms with Gasteiger partial charge in [-0.15, -0.1) is 0 Å². The number of nitrogens with zero attached hydrogens (tertiary/aromatic N) is 1. The molecular weight excluding hydrogens is 208 g/mol. The number of hydrogen-bond acceptors (Lipinski definition) is 2. The quantitative estimate of drug-likeness (QED) is 0.740. The average molecular weight is 240 g/mol. The first-order chi connectivity index (χ1) is 8.17. The van der Waals surface area contributed by atoms with Crippen molar-refractivity contribution in [1.82, 2.24) is 4.90 Å². The number of rotatable bonds is 7. The Kier molecular flexibility index (Phi) is 7.14. The van der Waals surface area contributed by atoms with E-state index in [2.05, 4.69) is 25.7 Å². The van der Waals surface area contributed by atoms with Gasteiger partial charge in [0.2, 0.25) is 0 Å². The van der Waals surface area contributed by atoms with Gasteiger partial charge in [0.05, 0.1) is 0 Å². The second kappa shape index (κ2) is 8.10. The van der Waals surface area contributed by atoms with Crippen LogP contribution in [-0.4, -0.2) is 30.6 Å². The number of likely N-dealkylation sites (tertiary alicyclic amines) is 1. The summed E-state index contributed by atoms with van der Waals surface area (Å²) in [4.78, 5) is 2.70.